The van der Waals surface area contributed by atoms with Crippen LogP contribution >= 0.6 is 11.8 Å². The second-order valence-electron chi connectivity index (χ2n) is 3.27. The number of nitrogens with one attached hydrogen (secondary N) is 1. The Balaban J connectivity index is 1.97. The van der Waals surface area contributed by atoms with Crippen LogP contribution in [0.5, 0.6) is 0 Å². The van der Waals surface area contributed by atoms with Gasteiger partial charge in [-0.25, -0.2) is 0 Å². The Labute approximate surface area is 102 Å². The van der Waals surface area contributed by atoms with Gasteiger partial charge >= 0.3 is 0 Å². The molecule has 0 radical (unpaired) electrons. The molecule has 0 spiro atoms. The summed E-state index contributed by atoms with van der Waals surface area (Å²) in [5, 5.41) is 19.8. The number of hydrogen-bond acceptors (Lipinski definition) is 5. The summed E-state index contributed by atoms with van der Waals surface area (Å²) in [6, 6.07) is 5.61. The largest absolute Gasteiger partial charge is 0.395 e. The van der Waals surface area contributed by atoms with Crippen LogP contribution in [0.3, 0.4) is 0 Å². The molecule has 0 aromatic carbocycles. The summed E-state index contributed by atoms with van der Waals surface area (Å²) >= 11 is 1.31. The van der Waals surface area contributed by atoms with E-state index in [4.69, 9.17) is 5.11 Å². The Morgan fingerprint density at radius 3 is 3.18 bits per heavy atom. The van der Waals surface area contributed by atoms with E-state index in [9.17, 15) is 4.79 Å². The zero-order valence-corrected chi connectivity index (χ0v) is 9.85. The van der Waals surface area contributed by atoms with E-state index in [-0.39, 0.29) is 24.8 Å². The number of pyridine rings is 1. The lowest BCUT2D eigenvalue weighted by Gasteiger charge is -2.01. The summed E-state index contributed by atoms with van der Waals surface area (Å²) in [5.74, 6) is 0.132. The van der Waals surface area contributed by atoms with Crippen LogP contribution in [0.2, 0.25) is 0 Å². The number of carbonyl (C=O) groups excluding carboxylic acids is 1. The molecule has 0 aliphatic rings. The van der Waals surface area contributed by atoms with Crippen molar-refractivity contribution in [1.29, 1.82) is 0 Å². The molecule has 2 N–H and O–H groups in total. The van der Waals surface area contributed by atoms with Crippen LogP contribution < -0.4 is 5.32 Å². The van der Waals surface area contributed by atoms with Crippen LogP contribution in [-0.4, -0.2) is 44.5 Å². The maximum absolute atomic E-state index is 11.3. The van der Waals surface area contributed by atoms with E-state index in [1.54, 1.807) is 0 Å². The minimum absolute atomic E-state index is 0.0513. The number of fused-ring (bicyclic) bond motifs is 1. The Bertz CT molecular complexity index is 514. The molecule has 0 fully saturated rings. The molecule has 2 rings (SSSR count). The SMILES string of the molecule is O=C(CSc1nnc2ccccn12)NCCO. The zero-order valence-electron chi connectivity index (χ0n) is 9.04. The van der Waals surface area contributed by atoms with Crippen LogP contribution in [-0.2, 0) is 4.79 Å². The highest BCUT2D eigenvalue weighted by atomic mass is 32.2. The number of carbonyl (C=O) groups is 1. The first kappa shape index (κ1) is 11.9. The highest BCUT2D eigenvalue weighted by Crippen LogP contribution is 2.15. The van der Waals surface area contributed by atoms with Crippen molar-refractivity contribution in [3.8, 4) is 0 Å². The van der Waals surface area contributed by atoms with Crippen molar-refractivity contribution in [2.75, 3.05) is 18.9 Å². The second-order valence-corrected chi connectivity index (χ2v) is 4.22. The van der Waals surface area contributed by atoms with Crippen LogP contribution in [0, 0.1) is 0 Å². The van der Waals surface area contributed by atoms with Crippen molar-refractivity contribution in [1.82, 2.24) is 19.9 Å². The summed E-state index contributed by atoms with van der Waals surface area (Å²) in [7, 11) is 0. The topological polar surface area (TPSA) is 79.5 Å². The average Bonchev–Trinajstić information content (AvgIpc) is 2.77. The molecule has 0 saturated carbocycles. The van der Waals surface area contributed by atoms with Gasteiger partial charge in [-0.15, -0.1) is 10.2 Å². The standard InChI is InChI=1S/C10H12N4O2S/c15-6-4-11-9(16)7-17-10-13-12-8-3-1-2-5-14(8)10/h1-3,5,15H,4,6-7H2,(H,11,16). The smallest absolute Gasteiger partial charge is 0.230 e. The van der Waals surface area contributed by atoms with E-state index in [2.05, 4.69) is 15.5 Å². The third kappa shape index (κ3) is 2.95. The lowest BCUT2D eigenvalue weighted by Crippen LogP contribution is -2.27. The molecule has 0 bridgehead atoms. The summed E-state index contributed by atoms with van der Waals surface area (Å²) in [4.78, 5) is 11.3. The predicted molar refractivity (Wildman–Crippen MR) is 63.8 cm³/mol. The highest BCUT2D eigenvalue weighted by Gasteiger charge is 2.07. The predicted octanol–water partition coefficient (Wildman–Crippen LogP) is -0.0701. The average molecular weight is 252 g/mol. The quantitative estimate of drug-likeness (QED) is 0.728. The fourth-order valence-corrected chi connectivity index (χ4v) is 2.05. The fourth-order valence-electron chi connectivity index (χ4n) is 1.29. The minimum Gasteiger partial charge on any atom is -0.395 e. The van der Waals surface area contributed by atoms with Crippen molar-refractivity contribution >= 4 is 23.3 Å². The fraction of sp³-hybridized carbons (Fsp3) is 0.300. The van der Waals surface area contributed by atoms with Crippen LogP contribution in [0.15, 0.2) is 29.6 Å². The lowest BCUT2D eigenvalue weighted by molar-refractivity contribution is -0.118. The molecule has 2 aromatic rings. The summed E-state index contributed by atoms with van der Waals surface area (Å²) in [6.45, 7) is 0.226. The van der Waals surface area contributed by atoms with Gasteiger partial charge in [0.25, 0.3) is 0 Å². The van der Waals surface area contributed by atoms with Crippen molar-refractivity contribution in [3.05, 3.63) is 24.4 Å². The molecule has 0 aliphatic heterocycles. The maximum atomic E-state index is 11.3. The second kappa shape index (κ2) is 5.65. The van der Waals surface area contributed by atoms with Crippen molar-refractivity contribution in [3.63, 3.8) is 0 Å². The van der Waals surface area contributed by atoms with Gasteiger partial charge in [0.2, 0.25) is 5.91 Å². The minimum atomic E-state index is -0.128. The van der Waals surface area contributed by atoms with Crippen molar-refractivity contribution in [2.45, 2.75) is 5.16 Å². The molecule has 0 unspecified atom stereocenters. The van der Waals surface area contributed by atoms with E-state index in [0.29, 0.717) is 5.16 Å². The zero-order chi connectivity index (χ0) is 12.1. The molecule has 90 valence electrons. The first-order chi connectivity index (χ1) is 8.31. The molecular formula is C10H12N4O2S. The first-order valence-corrected chi connectivity index (χ1v) is 6.10. The number of aromatic nitrogens is 3. The van der Waals surface area contributed by atoms with Gasteiger partial charge in [-0.2, -0.15) is 0 Å². The maximum Gasteiger partial charge on any atom is 0.230 e. The van der Waals surface area contributed by atoms with Gasteiger partial charge in [0, 0.05) is 12.7 Å². The van der Waals surface area contributed by atoms with Gasteiger partial charge in [-0.3, -0.25) is 9.20 Å². The van der Waals surface area contributed by atoms with E-state index in [0.717, 1.165) is 5.65 Å². The van der Waals surface area contributed by atoms with Crippen LogP contribution in [0.1, 0.15) is 0 Å². The number of amides is 1. The third-order valence-electron chi connectivity index (χ3n) is 2.05. The molecule has 0 aliphatic carbocycles. The normalized spacial score (nSPS) is 10.6. The Kier molecular flexibility index (Phi) is 3.94. The van der Waals surface area contributed by atoms with E-state index < -0.39 is 0 Å². The van der Waals surface area contributed by atoms with Crippen molar-refractivity contribution in [2.24, 2.45) is 0 Å². The van der Waals surface area contributed by atoms with Crippen LogP contribution in [0.4, 0.5) is 0 Å². The monoisotopic (exact) mass is 252 g/mol. The molecule has 0 atom stereocenters. The molecule has 7 heteroatoms. The van der Waals surface area contributed by atoms with Gasteiger partial charge in [0.1, 0.15) is 0 Å². The highest BCUT2D eigenvalue weighted by molar-refractivity contribution is 7.99. The summed E-state index contributed by atoms with van der Waals surface area (Å²) in [5.41, 5.74) is 0.755. The summed E-state index contributed by atoms with van der Waals surface area (Å²) < 4.78 is 1.82. The van der Waals surface area contributed by atoms with Crippen LogP contribution in [0.25, 0.3) is 5.65 Å². The molecule has 1 amide bonds. The Morgan fingerprint density at radius 1 is 1.47 bits per heavy atom. The number of rotatable bonds is 5. The van der Waals surface area contributed by atoms with Gasteiger partial charge < -0.3 is 10.4 Å². The number of aliphatic hydroxyl groups is 1. The van der Waals surface area contributed by atoms with E-state index >= 15 is 0 Å². The van der Waals surface area contributed by atoms with E-state index in [1.165, 1.54) is 11.8 Å². The van der Waals surface area contributed by atoms with E-state index in [1.807, 2.05) is 28.8 Å². The van der Waals surface area contributed by atoms with Gasteiger partial charge in [-0.1, -0.05) is 17.8 Å². The molecular weight excluding hydrogens is 240 g/mol. The first-order valence-electron chi connectivity index (χ1n) is 5.11. The number of thioether (sulfide) groups is 1. The number of hydrogen-bond donors (Lipinski definition) is 2. The molecule has 17 heavy (non-hydrogen) atoms. The van der Waals surface area contributed by atoms with Gasteiger partial charge in [0.15, 0.2) is 10.8 Å². The Hall–Kier alpha value is -1.60. The molecule has 2 aromatic heterocycles. The summed E-state index contributed by atoms with van der Waals surface area (Å²) in [6.07, 6.45) is 1.85. The van der Waals surface area contributed by atoms with Crippen molar-refractivity contribution < 1.29 is 9.90 Å². The third-order valence-corrected chi connectivity index (χ3v) is 2.99. The molecule has 2 heterocycles. The van der Waals surface area contributed by atoms with Gasteiger partial charge in [0.05, 0.1) is 12.4 Å². The molecule has 0 saturated heterocycles. The molecule has 6 nitrogen and oxygen atoms in total. The number of nitrogens with zero attached hydrogens (tertiary/aromatic N) is 3. The number of aliphatic hydroxyl groups excluding tert-OH is 1. The van der Waals surface area contributed by atoms with Gasteiger partial charge in [-0.05, 0) is 12.1 Å². The Morgan fingerprint density at radius 2 is 2.35 bits per heavy atom. The lowest BCUT2D eigenvalue weighted by atomic mass is 10.5.